The van der Waals surface area contributed by atoms with E-state index in [-0.39, 0.29) is 16.5 Å². The summed E-state index contributed by atoms with van der Waals surface area (Å²) in [7, 11) is 0. The largest absolute Gasteiger partial charge is 0.573 e. The molecule has 0 radical (unpaired) electrons. The highest BCUT2D eigenvalue weighted by Crippen LogP contribution is 2.33. The van der Waals surface area contributed by atoms with E-state index in [1.807, 2.05) is 5.10 Å². The lowest BCUT2D eigenvalue weighted by molar-refractivity contribution is -0.274. The molecule has 2 rings (SSSR count). The van der Waals surface area contributed by atoms with Gasteiger partial charge in [-0.25, -0.2) is 9.89 Å². The van der Waals surface area contributed by atoms with E-state index in [4.69, 9.17) is 11.6 Å². The summed E-state index contributed by atoms with van der Waals surface area (Å²) in [6, 6.07) is 3.48. The molecule has 1 heterocycles. The number of benzene rings is 1. The minimum atomic E-state index is -4.87. The Morgan fingerprint density at radius 1 is 1.39 bits per heavy atom. The quantitative estimate of drug-likeness (QED) is 0.918. The molecule has 0 unspecified atom stereocenters. The van der Waals surface area contributed by atoms with Crippen LogP contribution in [0.3, 0.4) is 0 Å². The average Bonchev–Trinajstić information content (AvgIpc) is 2.66. The van der Waals surface area contributed by atoms with Crippen LogP contribution in [-0.4, -0.2) is 16.6 Å². The standard InChI is InChI=1S/C9H4ClF3N2O3/c10-5-2-1-4(7-14-15-8(16)17-7)3-6(5)18-9(11,12)13/h1-3H,(H,15,16). The number of alkyl halides is 3. The topological polar surface area (TPSA) is 68.1 Å². The Bertz CT molecular complexity index is 620. The molecule has 0 fully saturated rings. The molecule has 96 valence electrons. The number of nitrogens with zero attached hydrogens (tertiary/aromatic N) is 1. The molecule has 0 bridgehead atoms. The average molecular weight is 281 g/mol. The van der Waals surface area contributed by atoms with Gasteiger partial charge in [-0.15, -0.1) is 18.3 Å². The minimum absolute atomic E-state index is 0.122. The Kier molecular flexibility index (Phi) is 3.04. The summed E-state index contributed by atoms with van der Waals surface area (Å²) in [5.41, 5.74) is 0.122. The normalized spacial score (nSPS) is 11.6. The maximum absolute atomic E-state index is 12.1. The SMILES string of the molecule is O=c1[nH]nc(-c2ccc(Cl)c(OC(F)(F)F)c2)o1. The highest BCUT2D eigenvalue weighted by atomic mass is 35.5. The Morgan fingerprint density at radius 3 is 2.67 bits per heavy atom. The van der Waals surface area contributed by atoms with Crippen LogP contribution in [-0.2, 0) is 0 Å². The molecule has 0 saturated heterocycles. The second kappa shape index (κ2) is 4.37. The Morgan fingerprint density at radius 2 is 2.11 bits per heavy atom. The summed E-state index contributed by atoms with van der Waals surface area (Å²) in [6.07, 6.45) is -4.87. The molecule has 1 N–H and O–H groups in total. The van der Waals surface area contributed by atoms with Gasteiger partial charge in [0.25, 0.3) is 0 Å². The Hall–Kier alpha value is -1.96. The van der Waals surface area contributed by atoms with Crippen LogP contribution in [0.15, 0.2) is 27.4 Å². The number of aromatic amines is 1. The van der Waals surface area contributed by atoms with Crippen molar-refractivity contribution in [3.63, 3.8) is 0 Å². The first-order valence-corrected chi connectivity index (χ1v) is 4.84. The number of rotatable bonds is 2. The Labute approximate surface area is 102 Å². The molecular weight excluding hydrogens is 277 g/mol. The number of aromatic nitrogens is 2. The maximum Gasteiger partial charge on any atom is 0.573 e. The fourth-order valence-electron chi connectivity index (χ4n) is 1.19. The third-order valence-corrected chi connectivity index (χ3v) is 2.15. The zero-order valence-electron chi connectivity index (χ0n) is 8.42. The molecular formula is C9H4ClF3N2O3. The van der Waals surface area contributed by atoms with E-state index in [2.05, 4.69) is 14.3 Å². The first-order valence-electron chi connectivity index (χ1n) is 4.46. The van der Waals surface area contributed by atoms with Gasteiger partial charge in [-0.3, -0.25) is 0 Å². The van der Waals surface area contributed by atoms with E-state index in [0.717, 1.165) is 6.07 Å². The van der Waals surface area contributed by atoms with Crippen molar-refractivity contribution in [3.8, 4) is 17.2 Å². The number of H-pyrrole nitrogens is 1. The maximum atomic E-state index is 12.1. The van der Waals surface area contributed by atoms with Crippen LogP contribution >= 0.6 is 11.6 Å². The van der Waals surface area contributed by atoms with Crippen LogP contribution in [0.1, 0.15) is 0 Å². The van der Waals surface area contributed by atoms with Crippen molar-refractivity contribution in [2.75, 3.05) is 0 Å². The molecule has 5 nitrogen and oxygen atoms in total. The fourth-order valence-corrected chi connectivity index (χ4v) is 1.35. The van der Waals surface area contributed by atoms with Crippen molar-refractivity contribution in [2.45, 2.75) is 6.36 Å². The lowest BCUT2D eigenvalue weighted by Gasteiger charge is -2.10. The molecule has 2 aromatic rings. The summed E-state index contributed by atoms with van der Waals surface area (Å²) in [5, 5.41) is 5.22. The Balaban J connectivity index is 2.40. The summed E-state index contributed by atoms with van der Waals surface area (Å²) < 4.78 is 44.6. The number of hydrogen-bond acceptors (Lipinski definition) is 4. The number of hydrogen-bond donors (Lipinski definition) is 1. The van der Waals surface area contributed by atoms with Gasteiger partial charge in [0.05, 0.1) is 5.02 Å². The van der Waals surface area contributed by atoms with Crippen LogP contribution in [0, 0.1) is 0 Å². The summed E-state index contributed by atoms with van der Waals surface area (Å²) in [6.45, 7) is 0. The number of halogens is 4. The summed E-state index contributed by atoms with van der Waals surface area (Å²) in [4.78, 5) is 10.7. The molecule has 0 saturated carbocycles. The van der Waals surface area contributed by atoms with E-state index in [0.29, 0.717) is 0 Å². The third-order valence-electron chi connectivity index (χ3n) is 1.84. The van der Waals surface area contributed by atoms with Crippen LogP contribution < -0.4 is 10.5 Å². The van der Waals surface area contributed by atoms with E-state index >= 15 is 0 Å². The number of ether oxygens (including phenoxy) is 1. The first-order chi connectivity index (χ1) is 8.35. The van der Waals surface area contributed by atoms with Gasteiger partial charge in [0, 0.05) is 5.56 Å². The van der Waals surface area contributed by atoms with Gasteiger partial charge in [-0.05, 0) is 18.2 Å². The van der Waals surface area contributed by atoms with Crippen LogP contribution in [0.2, 0.25) is 5.02 Å². The lowest BCUT2D eigenvalue weighted by Crippen LogP contribution is -2.17. The molecule has 0 spiro atoms. The molecule has 1 aromatic heterocycles. The van der Waals surface area contributed by atoms with E-state index in [9.17, 15) is 18.0 Å². The van der Waals surface area contributed by atoms with Crippen LogP contribution in [0.25, 0.3) is 11.5 Å². The molecule has 0 aliphatic heterocycles. The molecule has 0 aliphatic rings. The van der Waals surface area contributed by atoms with Crippen molar-refractivity contribution < 1.29 is 22.3 Å². The predicted molar refractivity (Wildman–Crippen MR) is 54.3 cm³/mol. The van der Waals surface area contributed by atoms with Gasteiger partial charge in [0.15, 0.2) is 0 Å². The molecule has 1 aromatic carbocycles. The van der Waals surface area contributed by atoms with Gasteiger partial charge in [-0.2, -0.15) is 0 Å². The van der Waals surface area contributed by atoms with Crippen LogP contribution in [0.4, 0.5) is 13.2 Å². The fraction of sp³-hybridized carbons (Fsp3) is 0.111. The summed E-state index contributed by atoms with van der Waals surface area (Å²) in [5.74, 6) is -1.59. The van der Waals surface area contributed by atoms with Gasteiger partial charge in [0.1, 0.15) is 5.75 Å². The highest BCUT2D eigenvalue weighted by molar-refractivity contribution is 6.32. The first kappa shape index (κ1) is 12.5. The smallest absolute Gasteiger partial charge is 0.404 e. The predicted octanol–water partition coefficient (Wildman–Crippen LogP) is 2.58. The van der Waals surface area contributed by atoms with E-state index < -0.39 is 17.9 Å². The van der Waals surface area contributed by atoms with Crippen molar-refractivity contribution in [1.82, 2.24) is 10.2 Å². The minimum Gasteiger partial charge on any atom is -0.404 e. The zero-order valence-corrected chi connectivity index (χ0v) is 9.17. The van der Waals surface area contributed by atoms with Gasteiger partial charge >= 0.3 is 12.1 Å². The zero-order chi connectivity index (χ0) is 13.3. The van der Waals surface area contributed by atoms with Crippen molar-refractivity contribution in [2.24, 2.45) is 0 Å². The van der Waals surface area contributed by atoms with Crippen molar-refractivity contribution in [1.29, 1.82) is 0 Å². The van der Waals surface area contributed by atoms with Crippen molar-refractivity contribution >= 4 is 11.6 Å². The van der Waals surface area contributed by atoms with Gasteiger partial charge in [0.2, 0.25) is 5.89 Å². The van der Waals surface area contributed by atoms with E-state index in [1.54, 1.807) is 0 Å². The second-order valence-electron chi connectivity index (χ2n) is 3.11. The highest BCUT2D eigenvalue weighted by Gasteiger charge is 2.32. The van der Waals surface area contributed by atoms with E-state index in [1.165, 1.54) is 12.1 Å². The lowest BCUT2D eigenvalue weighted by atomic mass is 10.2. The monoisotopic (exact) mass is 280 g/mol. The third kappa shape index (κ3) is 2.83. The summed E-state index contributed by atoms with van der Waals surface area (Å²) >= 11 is 5.55. The molecule has 0 atom stereocenters. The van der Waals surface area contributed by atoms with Gasteiger partial charge in [-0.1, -0.05) is 11.6 Å². The molecule has 9 heteroatoms. The molecule has 18 heavy (non-hydrogen) atoms. The molecule has 0 amide bonds. The second-order valence-corrected chi connectivity index (χ2v) is 3.52. The van der Waals surface area contributed by atoms with Crippen LogP contribution in [0.5, 0.6) is 5.75 Å². The number of nitrogens with one attached hydrogen (secondary N) is 1. The molecule has 0 aliphatic carbocycles. The van der Waals surface area contributed by atoms with Gasteiger partial charge < -0.3 is 9.15 Å². The van der Waals surface area contributed by atoms with Crippen molar-refractivity contribution in [3.05, 3.63) is 33.8 Å².